The highest BCUT2D eigenvalue weighted by Crippen LogP contribution is 2.28. The van der Waals surface area contributed by atoms with Crippen molar-refractivity contribution in [1.29, 1.82) is 0 Å². The van der Waals surface area contributed by atoms with Crippen molar-refractivity contribution in [3.05, 3.63) is 23.8 Å². The molecule has 2 heterocycles. The Bertz CT molecular complexity index is 615. The summed E-state index contributed by atoms with van der Waals surface area (Å²) in [6.07, 6.45) is 0.820. The molecule has 29 heavy (non-hydrogen) atoms. The van der Waals surface area contributed by atoms with Gasteiger partial charge in [-0.15, -0.1) is 0 Å². The van der Waals surface area contributed by atoms with E-state index in [4.69, 9.17) is 23.7 Å². The Hall–Kier alpha value is -1.71. The van der Waals surface area contributed by atoms with Crippen molar-refractivity contribution >= 4 is 6.29 Å². The van der Waals surface area contributed by atoms with Crippen LogP contribution >= 0.6 is 0 Å². The Kier molecular flexibility index (Phi) is 9.68. The Morgan fingerprint density at radius 3 is 1.66 bits per heavy atom. The van der Waals surface area contributed by atoms with Crippen molar-refractivity contribution in [2.45, 2.75) is 0 Å². The minimum absolute atomic E-state index is 0.494. The maximum atomic E-state index is 11.2. The fraction of sp³-hybridized carbons (Fsp3) is 0.667. The zero-order valence-electron chi connectivity index (χ0n) is 17.1. The lowest BCUT2D eigenvalue weighted by atomic mass is 10.2. The molecular formula is C21H32N2O6. The van der Waals surface area contributed by atoms with E-state index in [1.54, 1.807) is 18.2 Å². The smallest absolute Gasteiger partial charge is 0.161 e. The van der Waals surface area contributed by atoms with E-state index < -0.39 is 0 Å². The van der Waals surface area contributed by atoms with Crippen LogP contribution in [0.4, 0.5) is 0 Å². The van der Waals surface area contributed by atoms with Gasteiger partial charge in [0.2, 0.25) is 0 Å². The summed E-state index contributed by atoms with van der Waals surface area (Å²) in [7, 11) is 0. The number of fused-ring (bicyclic) bond motifs is 7. The van der Waals surface area contributed by atoms with Crippen molar-refractivity contribution in [3.63, 3.8) is 0 Å². The lowest BCUT2D eigenvalue weighted by molar-refractivity contribution is 0.0299. The summed E-state index contributed by atoms with van der Waals surface area (Å²) in [6, 6.07) is 5.29. The molecule has 0 N–H and O–H groups in total. The molecule has 1 aromatic carbocycles. The molecule has 0 saturated carbocycles. The fourth-order valence-corrected chi connectivity index (χ4v) is 3.27. The summed E-state index contributed by atoms with van der Waals surface area (Å²) < 4.78 is 29.2. The molecule has 8 nitrogen and oxygen atoms in total. The second kappa shape index (κ2) is 12.8. The average molecular weight is 408 g/mol. The first kappa shape index (κ1) is 22.0. The number of aldehydes is 1. The molecule has 162 valence electrons. The predicted molar refractivity (Wildman–Crippen MR) is 108 cm³/mol. The molecule has 2 aliphatic rings. The normalized spacial score (nSPS) is 25.7. The van der Waals surface area contributed by atoms with Crippen LogP contribution in [-0.2, 0) is 14.2 Å². The molecule has 0 radical (unpaired) electrons. The number of benzene rings is 1. The fourth-order valence-electron chi connectivity index (χ4n) is 3.27. The lowest BCUT2D eigenvalue weighted by Crippen LogP contribution is -2.36. The number of ether oxygens (including phenoxy) is 5. The first-order valence-corrected chi connectivity index (χ1v) is 10.4. The van der Waals surface area contributed by atoms with Gasteiger partial charge in [0.25, 0.3) is 0 Å². The molecule has 0 amide bonds. The molecule has 2 unspecified atom stereocenters. The monoisotopic (exact) mass is 408 g/mol. The van der Waals surface area contributed by atoms with Gasteiger partial charge in [0.1, 0.15) is 19.5 Å². The third-order valence-electron chi connectivity index (χ3n) is 5.01. The van der Waals surface area contributed by atoms with Gasteiger partial charge in [-0.05, 0) is 18.2 Å². The van der Waals surface area contributed by atoms with Crippen LogP contribution in [0.1, 0.15) is 10.4 Å². The van der Waals surface area contributed by atoms with Gasteiger partial charge in [-0.25, -0.2) is 0 Å². The highest BCUT2D eigenvalue weighted by atomic mass is 16.5. The third kappa shape index (κ3) is 7.91. The van der Waals surface area contributed by atoms with Gasteiger partial charge in [0, 0.05) is 44.8 Å². The van der Waals surface area contributed by atoms with Gasteiger partial charge in [0.05, 0.1) is 39.6 Å². The van der Waals surface area contributed by atoms with Crippen LogP contribution in [0.15, 0.2) is 18.2 Å². The topological polar surface area (TPSA) is 69.7 Å². The molecule has 0 aliphatic carbocycles. The van der Waals surface area contributed by atoms with Crippen LogP contribution in [0, 0.1) is 0 Å². The maximum Gasteiger partial charge on any atom is 0.161 e. The number of carbonyl (C=O) groups is 1. The summed E-state index contributed by atoms with van der Waals surface area (Å²) in [6.45, 7) is 9.63. The highest BCUT2D eigenvalue weighted by molar-refractivity contribution is 5.76. The lowest BCUT2D eigenvalue weighted by Gasteiger charge is -2.22. The Labute approximate surface area is 172 Å². The SMILES string of the molecule is O=Cc1ccc2c(c1)OCCN1CCOCCOCCN(CCOCC1)CCO2. The van der Waals surface area contributed by atoms with Crippen LogP contribution in [0.2, 0.25) is 0 Å². The van der Waals surface area contributed by atoms with Crippen LogP contribution in [0.25, 0.3) is 0 Å². The molecule has 3 rings (SSSR count). The minimum Gasteiger partial charge on any atom is -0.488 e. The third-order valence-corrected chi connectivity index (χ3v) is 5.01. The van der Waals surface area contributed by atoms with Crippen LogP contribution < -0.4 is 9.47 Å². The second-order valence-electron chi connectivity index (χ2n) is 7.04. The number of hydrogen-bond donors (Lipinski definition) is 0. The summed E-state index contributed by atoms with van der Waals surface area (Å²) in [5, 5.41) is 0. The quantitative estimate of drug-likeness (QED) is 0.502. The van der Waals surface area contributed by atoms with E-state index in [9.17, 15) is 4.79 Å². The van der Waals surface area contributed by atoms with E-state index >= 15 is 0 Å². The molecular weight excluding hydrogens is 376 g/mol. The van der Waals surface area contributed by atoms with Crippen molar-refractivity contribution < 1.29 is 28.5 Å². The summed E-state index contributed by atoms with van der Waals surface area (Å²) in [5.41, 5.74) is 0.574. The van der Waals surface area contributed by atoms with Gasteiger partial charge in [-0.2, -0.15) is 0 Å². The molecule has 2 bridgehead atoms. The largest absolute Gasteiger partial charge is 0.488 e. The summed E-state index contributed by atoms with van der Waals surface area (Å²) >= 11 is 0. The summed E-state index contributed by atoms with van der Waals surface area (Å²) in [5.74, 6) is 1.27. The van der Waals surface area contributed by atoms with Gasteiger partial charge < -0.3 is 23.7 Å². The molecule has 0 aromatic heterocycles. The van der Waals surface area contributed by atoms with Gasteiger partial charge in [-0.1, -0.05) is 0 Å². The minimum atomic E-state index is 0.494. The number of carbonyl (C=O) groups excluding carboxylic acids is 1. The van der Waals surface area contributed by atoms with Gasteiger partial charge in [-0.3, -0.25) is 14.6 Å². The molecule has 1 fully saturated rings. The van der Waals surface area contributed by atoms with Crippen LogP contribution in [0.5, 0.6) is 11.5 Å². The van der Waals surface area contributed by atoms with Crippen LogP contribution in [-0.4, -0.2) is 108 Å². The van der Waals surface area contributed by atoms with E-state index in [2.05, 4.69) is 9.80 Å². The zero-order valence-corrected chi connectivity index (χ0v) is 17.1. The number of rotatable bonds is 1. The molecule has 1 aromatic rings. The number of nitrogens with zero attached hydrogens (tertiary/aromatic N) is 2. The second-order valence-corrected chi connectivity index (χ2v) is 7.04. The first-order chi connectivity index (χ1) is 14.3. The van der Waals surface area contributed by atoms with E-state index in [1.165, 1.54) is 0 Å². The van der Waals surface area contributed by atoms with Crippen molar-refractivity contribution in [1.82, 2.24) is 9.80 Å². The molecule has 1 saturated heterocycles. The highest BCUT2D eigenvalue weighted by Gasteiger charge is 2.13. The van der Waals surface area contributed by atoms with Gasteiger partial charge in [0.15, 0.2) is 11.5 Å². The Morgan fingerprint density at radius 1 is 0.621 bits per heavy atom. The van der Waals surface area contributed by atoms with Crippen molar-refractivity contribution in [2.75, 3.05) is 92.1 Å². The zero-order chi connectivity index (χ0) is 20.2. The van der Waals surface area contributed by atoms with E-state index in [0.29, 0.717) is 69.9 Å². The predicted octanol–water partition coefficient (Wildman–Crippen LogP) is 0.938. The van der Waals surface area contributed by atoms with Crippen LogP contribution in [0.3, 0.4) is 0 Å². The Balaban J connectivity index is 1.74. The Morgan fingerprint density at radius 2 is 1.10 bits per heavy atom. The first-order valence-electron chi connectivity index (χ1n) is 10.4. The molecule has 2 aliphatic heterocycles. The van der Waals surface area contributed by atoms with E-state index in [-0.39, 0.29) is 0 Å². The average Bonchev–Trinajstić information content (AvgIpc) is 2.75. The molecule has 0 spiro atoms. The number of hydrogen-bond acceptors (Lipinski definition) is 8. The van der Waals surface area contributed by atoms with E-state index in [1.807, 2.05) is 0 Å². The van der Waals surface area contributed by atoms with E-state index in [0.717, 1.165) is 45.6 Å². The van der Waals surface area contributed by atoms with Crippen molar-refractivity contribution in [3.8, 4) is 11.5 Å². The maximum absolute atomic E-state index is 11.2. The van der Waals surface area contributed by atoms with Gasteiger partial charge >= 0.3 is 0 Å². The molecule has 2 atom stereocenters. The molecule has 8 heteroatoms. The summed E-state index contributed by atoms with van der Waals surface area (Å²) in [4.78, 5) is 15.7. The standard InChI is InChI=1S/C21H32N2O6/c24-18-19-1-2-20-21(17-19)29-14-8-23-4-10-25-9-3-22(7-13-28-20)5-11-26-15-16-27-12-6-23/h1-2,17-18H,3-16H2. The van der Waals surface area contributed by atoms with Crippen molar-refractivity contribution in [2.24, 2.45) is 0 Å².